The number of esters is 1. The molecule has 0 saturated carbocycles. The Hall–Kier alpha value is -3.62. The van der Waals surface area contributed by atoms with Gasteiger partial charge in [-0.2, -0.15) is 0 Å². The van der Waals surface area contributed by atoms with Crippen LogP contribution in [0.4, 0.5) is 5.69 Å². The van der Waals surface area contributed by atoms with Crippen LogP contribution in [-0.4, -0.2) is 43.1 Å². The molecule has 4 rings (SSSR count). The van der Waals surface area contributed by atoms with Gasteiger partial charge in [-0.1, -0.05) is 0 Å². The quantitative estimate of drug-likeness (QED) is 0.333. The van der Waals surface area contributed by atoms with E-state index in [1.54, 1.807) is 18.2 Å². The Balaban J connectivity index is 1.50. The lowest BCUT2D eigenvalue weighted by molar-refractivity contribution is -0.385. The van der Waals surface area contributed by atoms with Crippen LogP contribution in [0.25, 0.3) is 0 Å². The van der Waals surface area contributed by atoms with Gasteiger partial charge >= 0.3 is 5.97 Å². The minimum atomic E-state index is -0.985. The Kier molecular flexibility index (Phi) is 4.56. The van der Waals surface area contributed by atoms with E-state index in [0.717, 1.165) is 17.4 Å². The van der Waals surface area contributed by atoms with Gasteiger partial charge in [-0.3, -0.25) is 14.9 Å². The predicted octanol–water partition coefficient (Wildman–Crippen LogP) is 2.34. The summed E-state index contributed by atoms with van der Waals surface area (Å²) >= 11 is 0. The van der Waals surface area contributed by atoms with E-state index in [1.165, 1.54) is 6.07 Å². The van der Waals surface area contributed by atoms with E-state index >= 15 is 0 Å². The summed E-state index contributed by atoms with van der Waals surface area (Å²) in [4.78, 5) is 35.3. The zero-order valence-electron chi connectivity index (χ0n) is 14.6. The highest BCUT2D eigenvalue weighted by Gasteiger charge is 2.28. The molecule has 0 aromatic heterocycles. The third kappa shape index (κ3) is 3.34. The Labute approximate surface area is 158 Å². The molecule has 0 unspecified atom stereocenters. The summed E-state index contributed by atoms with van der Waals surface area (Å²) in [6, 6.07) is 7.31. The number of rotatable bonds is 5. The Morgan fingerprint density at radius 2 is 1.71 bits per heavy atom. The molecule has 0 fully saturated rings. The Morgan fingerprint density at radius 1 is 1.00 bits per heavy atom. The minimum Gasteiger partial charge on any atom is -0.493 e. The van der Waals surface area contributed by atoms with Crippen LogP contribution in [0.3, 0.4) is 0 Å². The van der Waals surface area contributed by atoms with Crippen molar-refractivity contribution in [3.8, 4) is 17.2 Å². The average molecular weight is 385 g/mol. The molecule has 2 aromatic carbocycles. The number of benzene rings is 2. The lowest BCUT2D eigenvalue weighted by Crippen LogP contribution is -2.18. The predicted molar refractivity (Wildman–Crippen MR) is 94.3 cm³/mol. The van der Waals surface area contributed by atoms with Crippen LogP contribution >= 0.6 is 0 Å². The number of carbonyl (C=O) groups is 2. The first-order valence-electron chi connectivity index (χ1n) is 8.57. The molecule has 2 aromatic rings. The molecule has 0 saturated heterocycles. The van der Waals surface area contributed by atoms with Gasteiger partial charge in [0.25, 0.3) is 5.69 Å². The normalized spacial score (nSPS) is 14.0. The molecule has 2 heterocycles. The van der Waals surface area contributed by atoms with Crippen LogP contribution in [-0.2, 0) is 11.2 Å². The third-order valence-corrected chi connectivity index (χ3v) is 4.42. The summed E-state index contributed by atoms with van der Waals surface area (Å²) in [7, 11) is 0. The van der Waals surface area contributed by atoms with Crippen molar-refractivity contribution in [3.63, 3.8) is 0 Å². The highest BCUT2D eigenvalue weighted by Crippen LogP contribution is 2.37. The zero-order valence-corrected chi connectivity index (χ0v) is 14.6. The van der Waals surface area contributed by atoms with Gasteiger partial charge in [0, 0.05) is 18.1 Å². The topological polar surface area (TPSA) is 114 Å². The summed E-state index contributed by atoms with van der Waals surface area (Å²) in [5.41, 5.74) is 0.522. The van der Waals surface area contributed by atoms with Crippen molar-refractivity contribution < 1.29 is 33.5 Å². The lowest BCUT2D eigenvalue weighted by atomic mass is 10.1. The van der Waals surface area contributed by atoms with Crippen molar-refractivity contribution >= 4 is 17.4 Å². The summed E-state index contributed by atoms with van der Waals surface area (Å²) in [6.45, 7) is 0.550. The molecule has 0 aliphatic carbocycles. The maximum atomic E-state index is 12.4. The van der Waals surface area contributed by atoms with Crippen LogP contribution in [0.5, 0.6) is 17.2 Å². The molecule has 2 aliphatic heterocycles. The fourth-order valence-electron chi connectivity index (χ4n) is 3.04. The van der Waals surface area contributed by atoms with Gasteiger partial charge in [-0.05, 0) is 23.8 Å². The summed E-state index contributed by atoms with van der Waals surface area (Å²) in [5, 5.41) is 11.3. The summed E-state index contributed by atoms with van der Waals surface area (Å²) in [5.74, 6) is -0.259. The average Bonchev–Trinajstić information content (AvgIpc) is 3.18. The number of nitro benzene ring substituents is 1. The first-order valence-corrected chi connectivity index (χ1v) is 8.57. The van der Waals surface area contributed by atoms with E-state index in [9.17, 15) is 19.7 Å². The number of ether oxygens (including phenoxy) is 4. The maximum Gasteiger partial charge on any atom is 0.345 e. The second kappa shape index (κ2) is 7.18. The molecule has 9 heteroatoms. The van der Waals surface area contributed by atoms with Crippen molar-refractivity contribution in [2.24, 2.45) is 0 Å². The molecule has 0 atom stereocenters. The lowest BCUT2D eigenvalue weighted by Gasteiger charge is -2.18. The second-order valence-electron chi connectivity index (χ2n) is 6.19. The number of ketones is 1. The van der Waals surface area contributed by atoms with Gasteiger partial charge in [-0.25, -0.2) is 4.79 Å². The minimum absolute atomic E-state index is 0.186. The van der Waals surface area contributed by atoms with Crippen LogP contribution in [0.2, 0.25) is 0 Å². The first-order chi connectivity index (χ1) is 13.5. The van der Waals surface area contributed by atoms with Gasteiger partial charge in [0.2, 0.25) is 0 Å². The zero-order chi connectivity index (χ0) is 19.7. The van der Waals surface area contributed by atoms with Gasteiger partial charge < -0.3 is 18.9 Å². The second-order valence-corrected chi connectivity index (χ2v) is 6.19. The van der Waals surface area contributed by atoms with E-state index in [1.807, 2.05) is 0 Å². The summed E-state index contributed by atoms with van der Waals surface area (Å²) < 4.78 is 21.1. The van der Waals surface area contributed by atoms with E-state index < -0.39 is 29.0 Å². The molecule has 0 N–H and O–H groups in total. The molecule has 0 bridgehead atoms. The van der Waals surface area contributed by atoms with E-state index in [0.29, 0.717) is 18.6 Å². The molecule has 0 spiro atoms. The van der Waals surface area contributed by atoms with Crippen LogP contribution in [0.15, 0.2) is 30.3 Å². The molecule has 144 valence electrons. The molecule has 28 heavy (non-hydrogen) atoms. The Bertz CT molecular complexity index is 984. The van der Waals surface area contributed by atoms with E-state index in [-0.39, 0.29) is 30.3 Å². The molecule has 9 nitrogen and oxygen atoms in total. The fourth-order valence-corrected chi connectivity index (χ4v) is 3.04. The number of hydrogen-bond acceptors (Lipinski definition) is 8. The number of nitrogens with zero attached hydrogens (tertiary/aromatic N) is 1. The first kappa shape index (κ1) is 17.8. The smallest absolute Gasteiger partial charge is 0.345 e. The number of fused-ring (bicyclic) bond motifs is 2. The largest absolute Gasteiger partial charge is 0.493 e. The molecular formula is C19H15NO8. The van der Waals surface area contributed by atoms with E-state index in [4.69, 9.17) is 18.9 Å². The highest BCUT2D eigenvalue weighted by molar-refractivity contribution is 6.01. The van der Waals surface area contributed by atoms with Gasteiger partial charge in [0.05, 0.1) is 17.6 Å². The van der Waals surface area contributed by atoms with E-state index in [2.05, 4.69) is 0 Å². The summed E-state index contributed by atoms with van der Waals surface area (Å²) in [6.07, 6.45) is 0.708. The van der Waals surface area contributed by atoms with Crippen molar-refractivity contribution in [1.82, 2.24) is 0 Å². The van der Waals surface area contributed by atoms with Crippen LogP contribution in [0.1, 0.15) is 26.3 Å². The number of carbonyl (C=O) groups excluding carboxylic acids is 2. The standard InChI is InChI=1S/C19H15NO8/c21-15(11-1-2-16-12(7-11)3-4-25-16)10-28-19(22)13-8-17-18(27-6-5-26-17)9-14(13)20(23)24/h1-2,7-9H,3-6,10H2. The van der Waals surface area contributed by atoms with Crippen molar-refractivity contribution in [1.29, 1.82) is 0 Å². The maximum absolute atomic E-state index is 12.4. The molecule has 0 radical (unpaired) electrons. The fraction of sp³-hybridized carbons (Fsp3) is 0.263. The number of nitro groups is 1. The van der Waals surface area contributed by atoms with Crippen LogP contribution < -0.4 is 14.2 Å². The molecular weight excluding hydrogens is 370 g/mol. The van der Waals surface area contributed by atoms with Gasteiger partial charge in [-0.15, -0.1) is 0 Å². The van der Waals surface area contributed by atoms with Crippen molar-refractivity contribution in [2.75, 3.05) is 26.4 Å². The third-order valence-electron chi connectivity index (χ3n) is 4.42. The van der Waals surface area contributed by atoms with Gasteiger partial charge in [0.15, 0.2) is 23.9 Å². The van der Waals surface area contributed by atoms with Crippen molar-refractivity contribution in [2.45, 2.75) is 6.42 Å². The molecule has 0 amide bonds. The number of Topliss-reactive ketones (excluding diaryl/α,β-unsaturated/α-hetero) is 1. The highest BCUT2D eigenvalue weighted by atomic mass is 16.6. The number of hydrogen-bond donors (Lipinski definition) is 0. The molecule has 2 aliphatic rings. The van der Waals surface area contributed by atoms with Crippen LogP contribution in [0, 0.1) is 10.1 Å². The van der Waals surface area contributed by atoms with Gasteiger partial charge in [0.1, 0.15) is 24.5 Å². The monoisotopic (exact) mass is 385 g/mol. The Morgan fingerprint density at radius 3 is 2.46 bits per heavy atom. The van der Waals surface area contributed by atoms with Crippen molar-refractivity contribution in [3.05, 3.63) is 57.1 Å². The SMILES string of the molecule is O=C(COC(=O)c1cc2c(cc1[N+](=O)[O-])OCCO2)c1ccc2c(c1)CCO2.